The Hall–Kier alpha value is -4.46. The van der Waals surface area contributed by atoms with Crippen LogP contribution in [0.4, 0.5) is 0 Å². The molecule has 1 saturated heterocycles. The maximum atomic E-state index is 7.25. The lowest BCUT2D eigenvalue weighted by Gasteiger charge is -2.47. The summed E-state index contributed by atoms with van der Waals surface area (Å²) in [6.07, 6.45) is -1.55. The van der Waals surface area contributed by atoms with Gasteiger partial charge in [0.2, 0.25) is 8.32 Å². The molecule has 1 fully saturated rings. The maximum absolute atomic E-state index is 7.25. The first-order chi connectivity index (χ1) is 32.2. The molecule has 2 heterocycles. The molecule has 0 amide bonds. The molecule has 0 N–H and O–H groups in total. The van der Waals surface area contributed by atoms with E-state index in [2.05, 4.69) is 102 Å². The number of rotatable bonds is 24. The van der Waals surface area contributed by atoms with E-state index in [9.17, 15) is 0 Å². The first kappa shape index (κ1) is 49.4. The van der Waals surface area contributed by atoms with Gasteiger partial charge in [0.05, 0.1) is 52.5 Å². The Balaban J connectivity index is 1.24. The van der Waals surface area contributed by atoms with Gasteiger partial charge in [-0.2, -0.15) is 0 Å². The van der Waals surface area contributed by atoms with E-state index in [0.29, 0.717) is 56.3 Å². The van der Waals surface area contributed by atoms with E-state index < -0.39 is 57.3 Å². The Labute approximate surface area is 394 Å². The summed E-state index contributed by atoms with van der Waals surface area (Å²) < 4.78 is 62.3. The second-order valence-corrected chi connectivity index (χ2v) is 23.8. The van der Waals surface area contributed by atoms with Crippen molar-refractivity contribution in [3.05, 3.63) is 192 Å². The van der Waals surface area contributed by atoms with Crippen LogP contribution in [0.2, 0.25) is 16.6 Å². The van der Waals surface area contributed by atoms with Gasteiger partial charge in [-0.1, -0.05) is 193 Å². The predicted octanol–water partition coefficient (Wildman–Crippen LogP) is 11.8. The van der Waals surface area contributed by atoms with E-state index in [1.807, 2.05) is 97.1 Å². The highest BCUT2D eigenvalue weighted by Crippen LogP contribution is 2.43. The zero-order valence-corrected chi connectivity index (χ0v) is 40.6. The highest BCUT2D eigenvalue weighted by molar-refractivity contribution is 6.77. The highest BCUT2D eigenvalue weighted by Gasteiger charge is 2.52. The molecule has 5 aromatic rings. The van der Waals surface area contributed by atoms with Crippen molar-refractivity contribution in [2.45, 2.75) is 140 Å². The molecule has 5 aromatic carbocycles. The van der Waals surface area contributed by atoms with Gasteiger partial charge >= 0.3 is 0 Å². The van der Waals surface area contributed by atoms with Crippen LogP contribution in [0.5, 0.6) is 0 Å². The van der Waals surface area contributed by atoms with Gasteiger partial charge in [-0.25, -0.2) is 0 Å². The Bertz CT molecular complexity index is 2100. The Morgan fingerprint density at radius 1 is 0.439 bits per heavy atom. The Kier molecular flexibility index (Phi) is 18.8. The molecule has 0 spiro atoms. The third-order valence-corrected chi connectivity index (χ3v) is 18.9. The molecule has 9 nitrogen and oxygen atoms in total. The Morgan fingerprint density at radius 2 is 0.833 bits per heavy atom. The fourth-order valence-corrected chi connectivity index (χ4v) is 15.0. The lowest BCUT2D eigenvalue weighted by Crippen LogP contribution is -2.63. The third-order valence-electron chi connectivity index (χ3n) is 12.8. The molecule has 0 aliphatic carbocycles. The molecule has 10 heteroatoms. The lowest BCUT2D eigenvalue weighted by molar-refractivity contribution is -0.340. The van der Waals surface area contributed by atoms with E-state index in [4.69, 9.17) is 42.3 Å². The second kappa shape index (κ2) is 25.1. The van der Waals surface area contributed by atoms with Crippen LogP contribution in [0.3, 0.4) is 0 Å². The Morgan fingerprint density at radius 3 is 1.27 bits per heavy atom. The van der Waals surface area contributed by atoms with Crippen molar-refractivity contribution in [1.82, 2.24) is 0 Å². The van der Waals surface area contributed by atoms with Gasteiger partial charge in [-0.05, 0) is 50.5 Å². The average Bonchev–Trinajstić information content (AvgIpc) is 3.34. The molecule has 0 radical (unpaired) electrons. The topological polar surface area (TPSA) is 83.1 Å². The van der Waals surface area contributed by atoms with Crippen LogP contribution in [-0.2, 0) is 75.4 Å². The van der Waals surface area contributed by atoms with Crippen LogP contribution < -0.4 is 0 Å². The van der Waals surface area contributed by atoms with Crippen LogP contribution in [0.15, 0.2) is 164 Å². The van der Waals surface area contributed by atoms with Gasteiger partial charge in [-0.15, -0.1) is 0 Å². The fourth-order valence-electron chi connectivity index (χ4n) is 9.59. The summed E-state index contributed by atoms with van der Waals surface area (Å²) in [5.41, 5.74) is 6.36. The molecule has 2 aliphatic rings. The molecule has 0 aromatic heterocycles. The minimum Gasteiger partial charge on any atom is -0.493 e. The number of hydrogen-bond donors (Lipinski definition) is 0. The third kappa shape index (κ3) is 13.4. The van der Waals surface area contributed by atoms with Gasteiger partial charge in [-0.3, -0.25) is 0 Å². The van der Waals surface area contributed by atoms with Crippen molar-refractivity contribution < 1.29 is 42.3 Å². The van der Waals surface area contributed by atoms with E-state index in [1.165, 1.54) is 0 Å². The molecule has 7 rings (SSSR count). The lowest BCUT2D eigenvalue weighted by atomic mass is 9.97. The minimum atomic E-state index is -2.27. The van der Waals surface area contributed by atoms with Crippen molar-refractivity contribution in [2.75, 3.05) is 13.2 Å². The van der Waals surface area contributed by atoms with Gasteiger partial charge in [0.25, 0.3) is 0 Å². The maximum Gasteiger partial charge on any atom is 0.200 e. The molecule has 2 aliphatic heterocycles. The molecule has 66 heavy (non-hydrogen) atoms. The van der Waals surface area contributed by atoms with Gasteiger partial charge < -0.3 is 42.3 Å². The number of benzene rings is 5. The molecule has 0 unspecified atom stereocenters. The first-order valence-electron chi connectivity index (χ1n) is 23.7. The van der Waals surface area contributed by atoms with E-state index >= 15 is 0 Å². The average molecular weight is 915 g/mol. The minimum absolute atomic E-state index is 0.213. The summed E-state index contributed by atoms with van der Waals surface area (Å²) in [5, 5.41) is 0. The standard InChI is InChI=1S/C56H70O9Si/c1-41(2)66(42(3)4,43(5)6)63-40-50-52(59-35-45-24-14-8-15-25-45)49(32-33-58-50)64-56-55(62-38-48-30-20-11-21-31-48)54(61-37-47-28-18-10-19-29-47)53(60-36-46-26-16-9-17-27-46)51(65-56)39-57-34-44-22-12-7-13-23-44/h7-33,41-43,49-56H,34-40H2,1-6H3/t49-,50-,51-,52-,53+,54+,55-,56+/m1/s1. The van der Waals surface area contributed by atoms with Crippen LogP contribution in [0.25, 0.3) is 0 Å². The smallest absolute Gasteiger partial charge is 0.200 e. The van der Waals surface area contributed by atoms with Crippen LogP contribution in [-0.4, -0.2) is 70.5 Å². The molecule has 352 valence electrons. The molecular weight excluding hydrogens is 845 g/mol. The van der Waals surface area contributed by atoms with Crippen molar-refractivity contribution in [1.29, 1.82) is 0 Å². The zero-order valence-electron chi connectivity index (χ0n) is 39.6. The first-order valence-corrected chi connectivity index (χ1v) is 25.9. The number of ether oxygens (including phenoxy) is 8. The molecule has 0 bridgehead atoms. The van der Waals surface area contributed by atoms with Gasteiger partial charge in [0.15, 0.2) is 6.29 Å². The zero-order chi connectivity index (χ0) is 46.1. The summed E-state index contributed by atoms with van der Waals surface area (Å²) in [6.45, 7) is 16.1. The monoisotopic (exact) mass is 914 g/mol. The van der Waals surface area contributed by atoms with Crippen LogP contribution >= 0.6 is 0 Å². The summed E-state index contributed by atoms with van der Waals surface area (Å²) in [6, 6.07) is 50.8. The van der Waals surface area contributed by atoms with E-state index in [1.54, 1.807) is 6.26 Å². The fraction of sp³-hybridized carbons (Fsp3) is 0.429. The van der Waals surface area contributed by atoms with Crippen molar-refractivity contribution in [2.24, 2.45) is 0 Å². The summed E-state index contributed by atoms with van der Waals surface area (Å²) in [5.74, 6) is 0. The van der Waals surface area contributed by atoms with E-state index in [-0.39, 0.29) is 6.61 Å². The largest absolute Gasteiger partial charge is 0.493 e. The highest BCUT2D eigenvalue weighted by atomic mass is 28.4. The SMILES string of the molecule is CC(C)[Si](OC[C@H]1OC=C[C@@H](O[C@H]2O[C@H](COCc3ccccc3)[C@H](OCc3ccccc3)[C@H](OCc3ccccc3)[C@H]2OCc2ccccc2)[C@H]1OCc1ccccc1)(C(C)C)C(C)C. The van der Waals surface area contributed by atoms with E-state index in [0.717, 1.165) is 27.8 Å². The molecular formula is C56H70O9Si. The van der Waals surface area contributed by atoms with Gasteiger partial charge in [0, 0.05) is 0 Å². The van der Waals surface area contributed by atoms with Gasteiger partial charge in [0.1, 0.15) is 42.7 Å². The van der Waals surface area contributed by atoms with Crippen LogP contribution in [0.1, 0.15) is 69.4 Å². The summed E-state index contributed by atoms with van der Waals surface area (Å²) in [7, 11) is -2.27. The second-order valence-electron chi connectivity index (χ2n) is 18.3. The molecule has 8 atom stereocenters. The predicted molar refractivity (Wildman–Crippen MR) is 261 cm³/mol. The summed E-state index contributed by atoms with van der Waals surface area (Å²) in [4.78, 5) is 0. The van der Waals surface area contributed by atoms with Crippen LogP contribution in [0, 0.1) is 0 Å². The summed E-state index contributed by atoms with van der Waals surface area (Å²) >= 11 is 0. The quantitative estimate of drug-likeness (QED) is 0.0562. The van der Waals surface area contributed by atoms with Crippen molar-refractivity contribution in [3.8, 4) is 0 Å². The van der Waals surface area contributed by atoms with Crippen molar-refractivity contribution in [3.63, 3.8) is 0 Å². The number of hydrogen-bond acceptors (Lipinski definition) is 9. The molecule has 0 saturated carbocycles. The normalized spacial score (nSPS) is 23.3. The van der Waals surface area contributed by atoms with Crippen molar-refractivity contribution >= 4 is 8.32 Å².